The van der Waals surface area contributed by atoms with Crippen LogP contribution in [0.2, 0.25) is 0 Å². The Labute approximate surface area is 103 Å². The van der Waals surface area contributed by atoms with Gasteiger partial charge in [-0.2, -0.15) is 0 Å². The van der Waals surface area contributed by atoms with Gasteiger partial charge in [-0.15, -0.1) is 0 Å². The first-order valence-corrected chi connectivity index (χ1v) is 6.13. The maximum atomic E-state index is 5.49. The maximum Gasteiger partial charge on any atom is 0.138 e. The zero-order valence-corrected chi connectivity index (χ0v) is 10.4. The van der Waals surface area contributed by atoms with Crippen molar-refractivity contribution in [2.75, 3.05) is 13.2 Å². The molecule has 0 aliphatic carbocycles. The highest BCUT2D eigenvalue weighted by molar-refractivity contribution is 5.36. The normalized spacial score (nSPS) is 9.53. The van der Waals surface area contributed by atoms with E-state index in [0.29, 0.717) is 0 Å². The van der Waals surface area contributed by atoms with E-state index < -0.39 is 0 Å². The van der Waals surface area contributed by atoms with Crippen molar-refractivity contribution in [2.24, 2.45) is 5.73 Å². The van der Waals surface area contributed by atoms with Crippen molar-refractivity contribution in [3.05, 3.63) is 24.0 Å². The number of rotatable bonds is 6. The summed E-state index contributed by atoms with van der Waals surface area (Å²) < 4.78 is 5.49. The zero-order valence-electron chi connectivity index (χ0n) is 10.4. The van der Waals surface area contributed by atoms with Crippen LogP contribution in [0.5, 0.6) is 5.75 Å². The fourth-order valence-electron chi connectivity index (χ4n) is 1.31. The molecule has 3 nitrogen and oxygen atoms in total. The molecule has 92 valence electrons. The van der Waals surface area contributed by atoms with Gasteiger partial charge in [0.05, 0.1) is 12.8 Å². The SMILES string of the molecule is CCCOc1cncc(C#CCCCCN)c1. The third-order valence-electron chi connectivity index (χ3n) is 2.17. The van der Waals surface area contributed by atoms with Gasteiger partial charge in [-0.1, -0.05) is 18.8 Å². The van der Waals surface area contributed by atoms with Crippen molar-refractivity contribution in [3.63, 3.8) is 0 Å². The summed E-state index contributed by atoms with van der Waals surface area (Å²) in [5, 5.41) is 0. The van der Waals surface area contributed by atoms with Gasteiger partial charge in [0.15, 0.2) is 0 Å². The lowest BCUT2D eigenvalue weighted by molar-refractivity contribution is 0.316. The number of hydrogen-bond acceptors (Lipinski definition) is 3. The molecular weight excluding hydrogens is 212 g/mol. The van der Waals surface area contributed by atoms with E-state index in [0.717, 1.165) is 50.1 Å². The fourth-order valence-corrected chi connectivity index (χ4v) is 1.31. The second-order valence-electron chi connectivity index (χ2n) is 3.81. The van der Waals surface area contributed by atoms with Gasteiger partial charge in [-0.25, -0.2) is 0 Å². The summed E-state index contributed by atoms with van der Waals surface area (Å²) >= 11 is 0. The van der Waals surface area contributed by atoms with Gasteiger partial charge in [0.25, 0.3) is 0 Å². The minimum atomic E-state index is 0.717. The van der Waals surface area contributed by atoms with Gasteiger partial charge in [-0.05, 0) is 31.9 Å². The Morgan fingerprint density at radius 3 is 3.00 bits per heavy atom. The largest absolute Gasteiger partial charge is 0.492 e. The summed E-state index contributed by atoms with van der Waals surface area (Å²) in [6.07, 6.45) is 7.45. The van der Waals surface area contributed by atoms with E-state index in [1.165, 1.54) is 0 Å². The van der Waals surface area contributed by atoms with Gasteiger partial charge in [-0.3, -0.25) is 4.98 Å². The molecule has 3 heteroatoms. The number of pyridine rings is 1. The Morgan fingerprint density at radius 1 is 1.35 bits per heavy atom. The number of hydrogen-bond donors (Lipinski definition) is 1. The minimum Gasteiger partial charge on any atom is -0.492 e. The van der Waals surface area contributed by atoms with Crippen LogP contribution in [0, 0.1) is 11.8 Å². The van der Waals surface area contributed by atoms with Crippen LogP contribution in [0.3, 0.4) is 0 Å². The van der Waals surface area contributed by atoms with Gasteiger partial charge < -0.3 is 10.5 Å². The number of nitrogens with two attached hydrogens (primary N) is 1. The molecule has 0 bridgehead atoms. The second kappa shape index (κ2) is 8.60. The molecule has 1 heterocycles. The summed E-state index contributed by atoms with van der Waals surface area (Å²) in [7, 11) is 0. The number of ether oxygens (including phenoxy) is 1. The molecule has 2 N–H and O–H groups in total. The van der Waals surface area contributed by atoms with Crippen molar-refractivity contribution in [3.8, 4) is 17.6 Å². The van der Waals surface area contributed by atoms with Crippen LogP contribution in [-0.4, -0.2) is 18.1 Å². The first kappa shape index (κ1) is 13.5. The first-order valence-electron chi connectivity index (χ1n) is 6.13. The minimum absolute atomic E-state index is 0.717. The second-order valence-corrected chi connectivity index (χ2v) is 3.81. The zero-order chi connectivity index (χ0) is 12.3. The van der Waals surface area contributed by atoms with E-state index in [-0.39, 0.29) is 0 Å². The summed E-state index contributed by atoms with van der Waals surface area (Å²) in [6.45, 7) is 3.53. The average molecular weight is 232 g/mol. The Kier molecular flexibility index (Phi) is 6.85. The highest BCUT2D eigenvalue weighted by atomic mass is 16.5. The van der Waals surface area contributed by atoms with Crippen molar-refractivity contribution >= 4 is 0 Å². The first-order chi connectivity index (χ1) is 8.36. The van der Waals surface area contributed by atoms with E-state index in [1.807, 2.05) is 6.07 Å². The molecule has 0 unspecified atom stereocenters. The fraction of sp³-hybridized carbons (Fsp3) is 0.500. The Bertz CT molecular complexity index is 379. The predicted octanol–water partition coefficient (Wildman–Crippen LogP) is 2.35. The molecule has 1 aromatic rings. The lowest BCUT2D eigenvalue weighted by Gasteiger charge is -2.03. The molecule has 0 aromatic carbocycles. The highest BCUT2D eigenvalue weighted by Crippen LogP contribution is 2.10. The monoisotopic (exact) mass is 232 g/mol. The molecule has 1 aromatic heterocycles. The van der Waals surface area contributed by atoms with Gasteiger partial charge in [0.1, 0.15) is 5.75 Å². The molecule has 0 aliphatic rings. The molecular formula is C14H20N2O. The Hall–Kier alpha value is -1.53. The molecule has 0 atom stereocenters. The van der Waals surface area contributed by atoms with Gasteiger partial charge in [0.2, 0.25) is 0 Å². The molecule has 0 radical (unpaired) electrons. The molecule has 0 amide bonds. The van der Waals surface area contributed by atoms with E-state index in [2.05, 4.69) is 23.7 Å². The standard InChI is InChI=1S/C14H20N2O/c1-2-9-17-14-10-13(11-16-12-14)7-5-3-4-6-8-15/h10-12H,2-4,6,8-9,15H2,1H3. The number of unbranched alkanes of at least 4 members (excludes halogenated alkanes) is 2. The summed E-state index contributed by atoms with van der Waals surface area (Å²) in [6, 6.07) is 1.93. The van der Waals surface area contributed by atoms with E-state index in [4.69, 9.17) is 10.5 Å². The van der Waals surface area contributed by atoms with E-state index >= 15 is 0 Å². The van der Waals surface area contributed by atoms with Gasteiger partial charge in [0, 0.05) is 18.2 Å². The Morgan fingerprint density at radius 2 is 2.24 bits per heavy atom. The lowest BCUT2D eigenvalue weighted by atomic mass is 10.2. The molecule has 0 aliphatic heterocycles. The van der Waals surface area contributed by atoms with E-state index in [1.54, 1.807) is 12.4 Å². The van der Waals surface area contributed by atoms with Crippen LogP contribution in [0.25, 0.3) is 0 Å². The van der Waals surface area contributed by atoms with Crippen molar-refractivity contribution in [2.45, 2.75) is 32.6 Å². The number of nitrogens with zero attached hydrogens (tertiary/aromatic N) is 1. The third kappa shape index (κ3) is 5.94. The molecule has 0 saturated heterocycles. The van der Waals surface area contributed by atoms with Crippen molar-refractivity contribution in [1.82, 2.24) is 4.98 Å². The van der Waals surface area contributed by atoms with Crippen LogP contribution < -0.4 is 10.5 Å². The smallest absolute Gasteiger partial charge is 0.138 e. The van der Waals surface area contributed by atoms with E-state index in [9.17, 15) is 0 Å². The quantitative estimate of drug-likeness (QED) is 0.605. The molecule has 17 heavy (non-hydrogen) atoms. The Balaban J connectivity index is 2.47. The topological polar surface area (TPSA) is 48.1 Å². The number of aromatic nitrogens is 1. The average Bonchev–Trinajstić information content (AvgIpc) is 2.37. The molecule has 0 fully saturated rings. The summed E-state index contributed by atoms with van der Waals surface area (Å²) in [5.74, 6) is 7.00. The maximum absolute atomic E-state index is 5.49. The molecule has 0 saturated carbocycles. The van der Waals surface area contributed by atoms with Gasteiger partial charge >= 0.3 is 0 Å². The van der Waals surface area contributed by atoms with Crippen LogP contribution in [0.1, 0.15) is 38.2 Å². The van der Waals surface area contributed by atoms with Crippen LogP contribution in [-0.2, 0) is 0 Å². The van der Waals surface area contributed by atoms with Crippen molar-refractivity contribution < 1.29 is 4.74 Å². The van der Waals surface area contributed by atoms with Crippen LogP contribution in [0.4, 0.5) is 0 Å². The van der Waals surface area contributed by atoms with Crippen LogP contribution in [0.15, 0.2) is 18.5 Å². The molecule has 0 spiro atoms. The van der Waals surface area contributed by atoms with Crippen LogP contribution >= 0.6 is 0 Å². The summed E-state index contributed by atoms with van der Waals surface area (Å²) in [5.41, 5.74) is 6.32. The predicted molar refractivity (Wildman–Crippen MR) is 69.8 cm³/mol. The van der Waals surface area contributed by atoms with Crippen molar-refractivity contribution in [1.29, 1.82) is 0 Å². The third-order valence-corrected chi connectivity index (χ3v) is 2.17. The highest BCUT2D eigenvalue weighted by Gasteiger charge is 1.94. The summed E-state index contributed by atoms with van der Waals surface area (Å²) in [4.78, 5) is 4.11. The molecule has 1 rings (SSSR count). The lowest BCUT2D eigenvalue weighted by Crippen LogP contribution is -1.97.